The second-order valence-electron chi connectivity index (χ2n) is 18.8. The van der Waals surface area contributed by atoms with E-state index in [0.29, 0.717) is 12.8 Å². The molecule has 0 fully saturated rings. The van der Waals surface area contributed by atoms with Gasteiger partial charge in [0.15, 0.2) is 6.10 Å². The maximum atomic E-state index is 12.8. The molecule has 0 aromatic rings. The monoisotopic (exact) mass is 874 g/mol. The normalized spacial score (nSPS) is 13.1. The fourth-order valence-electron chi connectivity index (χ4n) is 7.74. The highest BCUT2D eigenvalue weighted by Gasteiger charge is 2.25. The number of aliphatic carboxylic acids is 1. The van der Waals surface area contributed by atoms with Crippen molar-refractivity contribution in [2.75, 3.05) is 41.0 Å². The summed E-state index contributed by atoms with van der Waals surface area (Å²) in [5.41, 5.74) is 0. The Labute approximate surface area is 383 Å². The Morgan fingerprint density at radius 2 is 0.871 bits per heavy atom. The lowest BCUT2D eigenvalue weighted by Crippen LogP contribution is -2.55. The highest BCUT2D eigenvalue weighted by Crippen LogP contribution is 2.16. The average molecular weight is 874 g/mol. The van der Waals surface area contributed by atoms with Crippen LogP contribution in [0.2, 0.25) is 0 Å². The summed E-state index contributed by atoms with van der Waals surface area (Å²) in [5.74, 6) is -1.79. The van der Waals surface area contributed by atoms with Gasteiger partial charge in [0.25, 0.3) is 0 Å². The van der Waals surface area contributed by atoms with Crippen LogP contribution in [-0.2, 0) is 28.6 Å². The highest BCUT2D eigenvalue weighted by atomic mass is 16.6. The SMILES string of the molecule is CCCCCCCC/C=C/C/C=C/C/C=C/CCCC(=O)OCC(COCCC(C(=O)[O-])[N+](C)(C)C)OC(=O)CCCCCCCCCCCCCCCCCCCCCCC. The summed E-state index contributed by atoms with van der Waals surface area (Å²) in [7, 11) is 5.41. The number of hydrogen-bond donors (Lipinski definition) is 0. The number of hydrogen-bond acceptors (Lipinski definition) is 7. The van der Waals surface area contributed by atoms with Crippen molar-refractivity contribution in [2.24, 2.45) is 0 Å². The largest absolute Gasteiger partial charge is 0.544 e. The van der Waals surface area contributed by atoms with Crippen molar-refractivity contribution < 1.29 is 38.2 Å². The molecule has 2 unspecified atom stereocenters. The number of esters is 2. The zero-order valence-electron chi connectivity index (χ0n) is 41.3. The summed E-state index contributed by atoms with van der Waals surface area (Å²) in [6, 6.07) is -0.732. The molecular weight excluding hydrogens is 775 g/mol. The van der Waals surface area contributed by atoms with E-state index in [9.17, 15) is 19.5 Å². The Kier molecular flexibility index (Phi) is 43.3. The molecule has 0 bridgehead atoms. The fourth-order valence-corrected chi connectivity index (χ4v) is 7.74. The van der Waals surface area contributed by atoms with Gasteiger partial charge in [-0.1, -0.05) is 211 Å². The van der Waals surface area contributed by atoms with Crippen LogP contribution in [0.1, 0.15) is 239 Å². The summed E-state index contributed by atoms with van der Waals surface area (Å²) in [4.78, 5) is 37.0. The van der Waals surface area contributed by atoms with Crippen molar-refractivity contribution in [2.45, 2.75) is 251 Å². The minimum Gasteiger partial charge on any atom is -0.544 e. The van der Waals surface area contributed by atoms with Crippen molar-refractivity contribution in [1.82, 2.24) is 0 Å². The Morgan fingerprint density at radius 3 is 1.31 bits per heavy atom. The van der Waals surface area contributed by atoms with Gasteiger partial charge in [-0.3, -0.25) is 9.59 Å². The molecular formula is C54H99NO7. The Balaban J connectivity index is 4.27. The van der Waals surface area contributed by atoms with Gasteiger partial charge < -0.3 is 28.6 Å². The first-order valence-corrected chi connectivity index (χ1v) is 26.0. The molecule has 0 saturated heterocycles. The van der Waals surface area contributed by atoms with E-state index in [2.05, 4.69) is 50.3 Å². The number of unbranched alkanes of at least 4 members (excludes halogenated alkanes) is 27. The van der Waals surface area contributed by atoms with Crippen LogP contribution in [0, 0.1) is 0 Å². The molecule has 8 nitrogen and oxygen atoms in total. The molecule has 0 aromatic carbocycles. The lowest BCUT2D eigenvalue weighted by molar-refractivity contribution is -0.889. The zero-order chi connectivity index (χ0) is 45.6. The van der Waals surface area contributed by atoms with E-state index in [-0.39, 0.29) is 49.1 Å². The van der Waals surface area contributed by atoms with Crippen LogP contribution >= 0.6 is 0 Å². The minimum absolute atomic E-state index is 0.0282. The fraction of sp³-hybridized carbons (Fsp3) is 0.833. The van der Waals surface area contributed by atoms with Crippen LogP contribution in [0.15, 0.2) is 36.5 Å². The van der Waals surface area contributed by atoms with Crippen LogP contribution < -0.4 is 5.11 Å². The molecule has 0 saturated carbocycles. The third-order valence-corrected chi connectivity index (χ3v) is 11.8. The molecule has 2 atom stereocenters. The first-order chi connectivity index (χ1) is 30.1. The number of carbonyl (C=O) groups is 3. The van der Waals surface area contributed by atoms with Gasteiger partial charge in [-0.05, 0) is 44.9 Å². The third kappa shape index (κ3) is 42.8. The molecule has 62 heavy (non-hydrogen) atoms. The lowest BCUT2D eigenvalue weighted by Gasteiger charge is -2.34. The van der Waals surface area contributed by atoms with Gasteiger partial charge in [0.2, 0.25) is 0 Å². The van der Waals surface area contributed by atoms with Crippen molar-refractivity contribution in [3.63, 3.8) is 0 Å². The number of allylic oxidation sites excluding steroid dienone is 6. The summed E-state index contributed by atoms with van der Waals surface area (Å²) in [5, 5.41) is 11.7. The van der Waals surface area contributed by atoms with E-state index in [4.69, 9.17) is 14.2 Å². The van der Waals surface area contributed by atoms with Gasteiger partial charge in [0.1, 0.15) is 12.6 Å². The molecule has 0 amide bonds. The first-order valence-electron chi connectivity index (χ1n) is 26.0. The maximum absolute atomic E-state index is 12.8. The van der Waals surface area contributed by atoms with Crippen LogP contribution in [-0.4, -0.2) is 75.5 Å². The predicted molar refractivity (Wildman–Crippen MR) is 259 cm³/mol. The number of quaternary nitrogens is 1. The molecule has 8 heteroatoms. The van der Waals surface area contributed by atoms with Crippen molar-refractivity contribution in [3.8, 4) is 0 Å². The van der Waals surface area contributed by atoms with Gasteiger partial charge in [0, 0.05) is 19.3 Å². The highest BCUT2D eigenvalue weighted by molar-refractivity contribution is 5.70. The van der Waals surface area contributed by atoms with Gasteiger partial charge in [-0.2, -0.15) is 0 Å². The standard InChI is InChI=1S/C54H99NO7/c1-6-8-10-12-14-16-18-20-22-24-25-26-27-29-31-33-35-37-39-41-43-45-53(57)62-50(48-60-47-46-51(54(58)59)55(3,4)5)49-61-52(56)44-42-40-38-36-34-32-30-28-23-21-19-17-15-13-11-9-7-2/h21,23,30,32,36,38,50-51H,6-20,22,24-29,31,33-35,37,39-49H2,1-5H3/b23-21+,32-30+,38-36+. The van der Waals surface area contributed by atoms with Gasteiger partial charge in [-0.25, -0.2) is 0 Å². The second-order valence-corrected chi connectivity index (χ2v) is 18.8. The molecule has 0 N–H and O–H groups in total. The molecule has 0 aromatic heterocycles. The molecule has 0 rings (SSSR count). The zero-order valence-corrected chi connectivity index (χ0v) is 41.3. The molecule has 0 aliphatic rings. The number of carboxylic acid groups (broad SMARTS) is 1. The van der Waals surface area contributed by atoms with Crippen molar-refractivity contribution >= 4 is 17.9 Å². The smallest absolute Gasteiger partial charge is 0.306 e. The Hall–Kier alpha value is -2.45. The topological polar surface area (TPSA) is 102 Å². The van der Waals surface area contributed by atoms with Crippen molar-refractivity contribution in [1.29, 1.82) is 0 Å². The number of likely N-dealkylation sites (N-methyl/N-ethyl adjacent to an activating group) is 1. The van der Waals surface area contributed by atoms with Crippen LogP contribution in [0.5, 0.6) is 0 Å². The van der Waals surface area contributed by atoms with E-state index in [1.54, 1.807) is 21.1 Å². The summed E-state index contributed by atoms with van der Waals surface area (Å²) in [6.07, 6.45) is 53.3. The average Bonchev–Trinajstić information content (AvgIpc) is 3.23. The summed E-state index contributed by atoms with van der Waals surface area (Å²) >= 11 is 0. The molecule has 0 aliphatic carbocycles. The van der Waals surface area contributed by atoms with E-state index in [1.807, 2.05) is 0 Å². The number of carboxylic acids is 1. The maximum Gasteiger partial charge on any atom is 0.306 e. The van der Waals surface area contributed by atoms with Gasteiger partial charge in [0.05, 0.1) is 40.3 Å². The summed E-state index contributed by atoms with van der Waals surface area (Å²) in [6.45, 7) is 4.64. The van der Waals surface area contributed by atoms with Gasteiger partial charge in [-0.15, -0.1) is 0 Å². The lowest BCUT2D eigenvalue weighted by atomic mass is 10.0. The molecule has 362 valence electrons. The third-order valence-electron chi connectivity index (χ3n) is 11.8. The number of ether oxygens (including phenoxy) is 3. The molecule has 0 aliphatic heterocycles. The first kappa shape index (κ1) is 59.5. The second kappa shape index (κ2) is 45.1. The van der Waals surface area contributed by atoms with Crippen LogP contribution in [0.4, 0.5) is 0 Å². The molecule has 0 spiro atoms. The van der Waals surface area contributed by atoms with E-state index in [1.165, 1.54) is 161 Å². The number of nitrogens with zero attached hydrogens (tertiary/aromatic N) is 1. The Bertz CT molecular complexity index is 1110. The quantitative estimate of drug-likeness (QED) is 0.0260. The van der Waals surface area contributed by atoms with Crippen LogP contribution in [0.3, 0.4) is 0 Å². The number of carbonyl (C=O) groups excluding carboxylic acids is 3. The van der Waals surface area contributed by atoms with Crippen LogP contribution in [0.25, 0.3) is 0 Å². The molecule has 0 heterocycles. The summed E-state index contributed by atoms with van der Waals surface area (Å²) < 4.78 is 17.2. The minimum atomic E-state index is -1.13. The van der Waals surface area contributed by atoms with Crippen molar-refractivity contribution in [3.05, 3.63) is 36.5 Å². The van der Waals surface area contributed by atoms with E-state index < -0.39 is 18.1 Å². The van der Waals surface area contributed by atoms with E-state index >= 15 is 0 Å². The molecule has 0 radical (unpaired) electrons. The predicted octanol–water partition coefficient (Wildman–Crippen LogP) is 13.6. The Morgan fingerprint density at radius 1 is 0.484 bits per heavy atom. The van der Waals surface area contributed by atoms with E-state index in [0.717, 1.165) is 38.5 Å². The number of rotatable bonds is 47. The van der Waals surface area contributed by atoms with Gasteiger partial charge >= 0.3 is 11.9 Å².